The molecule has 0 aromatic heterocycles. The lowest BCUT2D eigenvalue weighted by atomic mass is 9.87. The van der Waals surface area contributed by atoms with Crippen LogP contribution in [0.15, 0.2) is 12.2 Å². The first-order valence-corrected chi connectivity index (χ1v) is 4.41. The normalized spacial score (nSPS) is 26.9. The lowest BCUT2D eigenvalue weighted by molar-refractivity contribution is -0.144. The van der Waals surface area contributed by atoms with Gasteiger partial charge in [0.25, 0.3) is 0 Å². The van der Waals surface area contributed by atoms with Crippen LogP contribution < -0.4 is 0 Å². The Balaban J connectivity index is 2.56. The predicted molar refractivity (Wildman–Crippen MR) is 48.1 cm³/mol. The molecule has 13 heavy (non-hydrogen) atoms. The summed E-state index contributed by atoms with van der Waals surface area (Å²) < 4.78 is 4.61. The van der Waals surface area contributed by atoms with E-state index in [-0.39, 0.29) is 23.6 Å². The molecule has 0 amide bonds. The molecule has 0 saturated carbocycles. The van der Waals surface area contributed by atoms with Crippen molar-refractivity contribution in [3.63, 3.8) is 0 Å². The van der Waals surface area contributed by atoms with Gasteiger partial charge in [0, 0.05) is 5.92 Å². The van der Waals surface area contributed by atoms with Crippen LogP contribution in [0, 0.1) is 11.8 Å². The van der Waals surface area contributed by atoms with Crippen molar-refractivity contribution in [1.29, 1.82) is 0 Å². The highest BCUT2D eigenvalue weighted by Gasteiger charge is 2.23. The van der Waals surface area contributed by atoms with E-state index in [4.69, 9.17) is 0 Å². The molecule has 3 heteroatoms. The molecule has 0 aromatic rings. The lowest BCUT2D eigenvalue weighted by Gasteiger charge is -2.18. The van der Waals surface area contributed by atoms with Crippen LogP contribution in [0.1, 0.15) is 19.8 Å². The summed E-state index contributed by atoms with van der Waals surface area (Å²) in [5.74, 6) is -0.195. The Morgan fingerprint density at radius 1 is 1.23 bits per heavy atom. The van der Waals surface area contributed by atoms with Crippen molar-refractivity contribution in [1.82, 2.24) is 0 Å². The molecule has 1 aliphatic carbocycles. The summed E-state index contributed by atoms with van der Waals surface area (Å²) in [6, 6.07) is 0. The number of carbonyl (C=O) groups is 2. The van der Waals surface area contributed by atoms with E-state index >= 15 is 0 Å². The molecule has 0 bridgehead atoms. The summed E-state index contributed by atoms with van der Waals surface area (Å²) in [5.41, 5.74) is 0. The smallest absolute Gasteiger partial charge is 0.312 e. The Bertz CT molecular complexity index is 243. The third kappa shape index (κ3) is 2.41. The fourth-order valence-electron chi connectivity index (χ4n) is 1.51. The number of hydrogen-bond acceptors (Lipinski definition) is 3. The molecule has 0 heterocycles. The van der Waals surface area contributed by atoms with Gasteiger partial charge in [0.2, 0.25) is 0 Å². The van der Waals surface area contributed by atoms with Crippen LogP contribution in [-0.2, 0) is 14.3 Å². The molecule has 1 aliphatic rings. The lowest BCUT2D eigenvalue weighted by Crippen LogP contribution is -2.21. The summed E-state index contributed by atoms with van der Waals surface area (Å²) in [5, 5.41) is 0. The van der Waals surface area contributed by atoms with Gasteiger partial charge >= 0.3 is 5.97 Å². The van der Waals surface area contributed by atoms with Crippen molar-refractivity contribution >= 4 is 11.8 Å². The Morgan fingerprint density at radius 2 is 1.77 bits per heavy atom. The molecular weight excluding hydrogens is 168 g/mol. The van der Waals surface area contributed by atoms with Crippen LogP contribution in [-0.4, -0.2) is 18.9 Å². The zero-order chi connectivity index (χ0) is 9.84. The monoisotopic (exact) mass is 182 g/mol. The number of methoxy groups -OCH3 is 1. The van der Waals surface area contributed by atoms with Gasteiger partial charge in [-0.05, 0) is 19.8 Å². The number of allylic oxidation sites excluding steroid dienone is 1. The minimum atomic E-state index is -0.210. The highest BCUT2D eigenvalue weighted by Crippen LogP contribution is 2.23. The predicted octanol–water partition coefficient (Wildman–Crippen LogP) is 1.33. The molecule has 0 saturated heterocycles. The molecule has 1 rings (SSSR count). The van der Waals surface area contributed by atoms with Crippen molar-refractivity contribution in [3.05, 3.63) is 12.2 Å². The minimum absolute atomic E-state index is 0.000839. The number of ketones is 1. The summed E-state index contributed by atoms with van der Waals surface area (Å²) >= 11 is 0. The molecule has 2 atom stereocenters. The zero-order valence-corrected chi connectivity index (χ0v) is 7.95. The molecule has 0 aromatic carbocycles. The molecular formula is C10H14O3. The van der Waals surface area contributed by atoms with Gasteiger partial charge in [-0.1, -0.05) is 12.2 Å². The van der Waals surface area contributed by atoms with E-state index in [1.54, 1.807) is 13.0 Å². The van der Waals surface area contributed by atoms with E-state index in [1.165, 1.54) is 7.11 Å². The Morgan fingerprint density at radius 3 is 2.15 bits per heavy atom. The van der Waals surface area contributed by atoms with Crippen LogP contribution in [0.3, 0.4) is 0 Å². The maximum absolute atomic E-state index is 11.1. The van der Waals surface area contributed by atoms with Crippen molar-refractivity contribution < 1.29 is 14.3 Å². The second kappa shape index (κ2) is 4.21. The van der Waals surface area contributed by atoms with Crippen LogP contribution in [0.25, 0.3) is 0 Å². The van der Waals surface area contributed by atoms with Crippen molar-refractivity contribution in [3.8, 4) is 0 Å². The van der Waals surface area contributed by atoms with Crippen molar-refractivity contribution in [2.24, 2.45) is 11.8 Å². The van der Waals surface area contributed by atoms with Crippen LogP contribution >= 0.6 is 0 Å². The standard InChI is InChI=1S/C10H14O3/c1-7(11)8-3-5-9(6-4-8)10(12)13-2/h3,5,8-9H,4,6H2,1-2H3. The van der Waals surface area contributed by atoms with Crippen LogP contribution in [0.4, 0.5) is 0 Å². The van der Waals surface area contributed by atoms with E-state index in [0.29, 0.717) is 6.42 Å². The number of carbonyl (C=O) groups excluding carboxylic acids is 2. The van der Waals surface area contributed by atoms with Gasteiger partial charge in [-0.2, -0.15) is 0 Å². The van der Waals surface area contributed by atoms with E-state index < -0.39 is 0 Å². The number of esters is 1. The van der Waals surface area contributed by atoms with Gasteiger partial charge in [-0.3, -0.25) is 9.59 Å². The zero-order valence-electron chi connectivity index (χ0n) is 7.95. The SMILES string of the molecule is COC(=O)C1C=CC(C(C)=O)CC1. The average molecular weight is 182 g/mol. The quantitative estimate of drug-likeness (QED) is 0.478. The van der Waals surface area contributed by atoms with E-state index in [1.807, 2.05) is 6.08 Å². The number of Topliss-reactive ketones (excluding diaryl/α,β-unsaturated/α-hetero) is 1. The van der Waals surface area contributed by atoms with Gasteiger partial charge < -0.3 is 4.74 Å². The maximum Gasteiger partial charge on any atom is 0.312 e. The second-order valence-electron chi connectivity index (χ2n) is 3.31. The molecule has 2 unspecified atom stereocenters. The number of rotatable bonds is 2. The van der Waals surface area contributed by atoms with Gasteiger partial charge in [0.05, 0.1) is 13.0 Å². The van der Waals surface area contributed by atoms with Gasteiger partial charge in [-0.25, -0.2) is 0 Å². The third-order valence-corrected chi connectivity index (χ3v) is 2.39. The summed E-state index contributed by atoms with van der Waals surface area (Å²) in [7, 11) is 1.38. The first kappa shape index (κ1) is 9.96. The molecule has 0 fully saturated rings. The minimum Gasteiger partial charge on any atom is -0.469 e. The third-order valence-electron chi connectivity index (χ3n) is 2.39. The summed E-state index contributed by atoms with van der Waals surface area (Å²) in [4.78, 5) is 22.1. The molecule has 0 radical (unpaired) electrons. The number of hydrogen-bond donors (Lipinski definition) is 0. The topological polar surface area (TPSA) is 43.4 Å². The van der Waals surface area contributed by atoms with E-state index in [0.717, 1.165) is 6.42 Å². The molecule has 0 N–H and O–H groups in total. The first-order chi connectivity index (χ1) is 6.15. The van der Waals surface area contributed by atoms with E-state index in [2.05, 4.69) is 4.74 Å². The molecule has 0 spiro atoms. The van der Waals surface area contributed by atoms with Gasteiger partial charge in [0.1, 0.15) is 5.78 Å². The molecule has 72 valence electrons. The fourth-order valence-corrected chi connectivity index (χ4v) is 1.51. The first-order valence-electron chi connectivity index (χ1n) is 4.41. The van der Waals surface area contributed by atoms with E-state index in [9.17, 15) is 9.59 Å². The second-order valence-corrected chi connectivity index (χ2v) is 3.31. The highest BCUT2D eigenvalue weighted by atomic mass is 16.5. The Kier molecular flexibility index (Phi) is 3.23. The average Bonchev–Trinajstić information content (AvgIpc) is 2.17. The summed E-state index contributed by atoms with van der Waals surface area (Å²) in [6.07, 6.45) is 5.06. The van der Waals surface area contributed by atoms with Gasteiger partial charge in [0.15, 0.2) is 0 Å². The van der Waals surface area contributed by atoms with Crippen molar-refractivity contribution in [2.75, 3.05) is 7.11 Å². The maximum atomic E-state index is 11.1. The number of ether oxygens (including phenoxy) is 1. The summed E-state index contributed by atoms with van der Waals surface area (Å²) in [6.45, 7) is 1.58. The molecule has 0 aliphatic heterocycles. The Labute approximate surface area is 77.8 Å². The fraction of sp³-hybridized carbons (Fsp3) is 0.600. The Hall–Kier alpha value is -1.12. The molecule has 3 nitrogen and oxygen atoms in total. The van der Waals surface area contributed by atoms with Crippen LogP contribution in [0.5, 0.6) is 0 Å². The largest absolute Gasteiger partial charge is 0.469 e. The van der Waals surface area contributed by atoms with Crippen molar-refractivity contribution in [2.45, 2.75) is 19.8 Å². The highest BCUT2D eigenvalue weighted by molar-refractivity contribution is 5.81. The van der Waals surface area contributed by atoms with Gasteiger partial charge in [-0.15, -0.1) is 0 Å². The van der Waals surface area contributed by atoms with Crippen LogP contribution in [0.2, 0.25) is 0 Å².